The number of anilines is 2. The van der Waals surface area contributed by atoms with Crippen molar-refractivity contribution in [3.05, 3.63) is 64.2 Å². The Morgan fingerprint density at radius 1 is 1.10 bits per heavy atom. The van der Waals surface area contributed by atoms with Crippen molar-refractivity contribution in [1.82, 2.24) is 0 Å². The predicted octanol–water partition coefficient (Wildman–Crippen LogP) is 3.32. The lowest BCUT2D eigenvalue weighted by Crippen LogP contribution is -2.09. The number of nitrogens with zero attached hydrogens (tertiary/aromatic N) is 2. The van der Waals surface area contributed by atoms with E-state index in [0.717, 1.165) is 16.9 Å². The molecule has 0 heterocycles. The van der Waals surface area contributed by atoms with E-state index in [1.807, 2.05) is 49.3 Å². The van der Waals surface area contributed by atoms with Gasteiger partial charge in [0, 0.05) is 43.6 Å². The second-order valence-electron chi connectivity index (χ2n) is 5.00. The standard InChI is InChI=1S/C16H19N3O2/c1-18(2)15-9-7-14(8-10-15)17-12-11-13-5-3-4-6-16(13)19(20)21/h3-10,17H,11-12H2,1-2H3. The van der Waals surface area contributed by atoms with E-state index in [1.54, 1.807) is 18.2 Å². The summed E-state index contributed by atoms with van der Waals surface area (Å²) in [5.74, 6) is 0. The SMILES string of the molecule is CN(C)c1ccc(NCCc2ccccc2[N+](=O)[O-])cc1. The summed E-state index contributed by atoms with van der Waals surface area (Å²) in [5.41, 5.74) is 3.08. The van der Waals surface area contributed by atoms with Crippen molar-refractivity contribution in [1.29, 1.82) is 0 Å². The third-order valence-corrected chi connectivity index (χ3v) is 3.30. The average Bonchev–Trinajstić information content (AvgIpc) is 2.48. The fraction of sp³-hybridized carbons (Fsp3) is 0.250. The molecule has 0 spiro atoms. The first kappa shape index (κ1) is 14.8. The summed E-state index contributed by atoms with van der Waals surface area (Å²) >= 11 is 0. The van der Waals surface area contributed by atoms with Crippen molar-refractivity contribution in [2.24, 2.45) is 0 Å². The molecule has 0 radical (unpaired) electrons. The molecule has 0 saturated heterocycles. The van der Waals surface area contributed by atoms with E-state index in [-0.39, 0.29) is 10.6 Å². The quantitative estimate of drug-likeness (QED) is 0.653. The van der Waals surface area contributed by atoms with Crippen LogP contribution in [-0.4, -0.2) is 25.6 Å². The zero-order chi connectivity index (χ0) is 15.2. The molecule has 0 atom stereocenters. The summed E-state index contributed by atoms with van der Waals surface area (Å²) < 4.78 is 0. The van der Waals surface area contributed by atoms with Crippen molar-refractivity contribution >= 4 is 17.1 Å². The van der Waals surface area contributed by atoms with E-state index < -0.39 is 0 Å². The highest BCUT2D eigenvalue weighted by atomic mass is 16.6. The van der Waals surface area contributed by atoms with Crippen LogP contribution in [0.25, 0.3) is 0 Å². The van der Waals surface area contributed by atoms with Crippen LogP contribution in [0.15, 0.2) is 48.5 Å². The van der Waals surface area contributed by atoms with Crippen LogP contribution in [0.5, 0.6) is 0 Å². The van der Waals surface area contributed by atoms with Crippen molar-refractivity contribution < 1.29 is 4.92 Å². The number of nitro groups is 1. The average molecular weight is 285 g/mol. The highest BCUT2D eigenvalue weighted by Gasteiger charge is 2.11. The molecule has 0 aromatic heterocycles. The minimum Gasteiger partial charge on any atom is -0.385 e. The molecule has 0 amide bonds. The molecule has 0 fully saturated rings. The number of hydrogen-bond donors (Lipinski definition) is 1. The first-order chi connectivity index (χ1) is 10.1. The van der Waals surface area contributed by atoms with Gasteiger partial charge in [-0.15, -0.1) is 0 Å². The van der Waals surface area contributed by atoms with Crippen LogP contribution in [0, 0.1) is 10.1 Å². The molecule has 0 bridgehead atoms. The van der Waals surface area contributed by atoms with E-state index in [1.165, 1.54) is 0 Å². The summed E-state index contributed by atoms with van der Waals surface area (Å²) in [7, 11) is 3.99. The second kappa shape index (κ2) is 6.74. The third-order valence-electron chi connectivity index (χ3n) is 3.30. The Kier molecular flexibility index (Phi) is 4.77. The summed E-state index contributed by atoms with van der Waals surface area (Å²) in [4.78, 5) is 12.6. The monoisotopic (exact) mass is 285 g/mol. The van der Waals surface area contributed by atoms with Crippen molar-refractivity contribution in [2.75, 3.05) is 30.9 Å². The van der Waals surface area contributed by atoms with E-state index >= 15 is 0 Å². The summed E-state index contributed by atoms with van der Waals surface area (Å²) in [6.45, 7) is 0.659. The normalized spacial score (nSPS) is 10.2. The number of para-hydroxylation sites is 1. The lowest BCUT2D eigenvalue weighted by molar-refractivity contribution is -0.385. The Labute approximate surface area is 124 Å². The van der Waals surface area contributed by atoms with E-state index in [4.69, 9.17) is 0 Å². The molecule has 5 heteroatoms. The Hall–Kier alpha value is -2.56. The highest BCUT2D eigenvalue weighted by Crippen LogP contribution is 2.19. The zero-order valence-electron chi connectivity index (χ0n) is 12.2. The Bertz CT molecular complexity index is 609. The lowest BCUT2D eigenvalue weighted by Gasteiger charge is -2.13. The number of nitrogens with one attached hydrogen (secondary N) is 1. The molecular weight excluding hydrogens is 266 g/mol. The smallest absolute Gasteiger partial charge is 0.272 e. The molecule has 2 aromatic rings. The van der Waals surface area contributed by atoms with Crippen LogP contribution in [0.1, 0.15) is 5.56 Å². The molecule has 0 saturated carbocycles. The third kappa shape index (κ3) is 3.95. The van der Waals surface area contributed by atoms with Gasteiger partial charge in [-0.2, -0.15) is 0 Å². The van der Waals surface area contributed by atoms with E-state index in [9.17, 15) is 10.1 Å². The topological polar surface area (TPSA) is 58.4 Å². The highest BCUT2D eigenvalue weighted by molar-refractivity contribution is 5.54. The van der Waals surface area contributed by atoms with Gasteiger partial charge in [-0.05, 0) is 30.7 Å². The molecular formula is C16H19N3O2. The van der Waals surface area contributed by atoms with Crippen LogP contribution in [0.4, 0.5) is 17.1 Å². The minimum atomic E-state index is -0.332. The Morgan fingerprint density at radius 2 is 1.76 bits per heavy atom. The van der Waals surface area contributed by atoms with Crippen LogP contribution < -0.4 is 10.2 Å². The molecule has 5 nitrogen and oxygen atoms in total. The Balaban J connectivity index is 1.94. The number of benzene rings is 2. The fourth-order valence-electron chi connectivity index (χ4n) is 2.12. The summed E-state index contributed by atoms with van der Waals surface area (Å²) in [6.07, 6.45) is 0.618. The molecule has 0 aliphatic carbocycles. The van der Waals surface area contributed by atoms with Gasteiger partial charge in [0.2, 0.25) is 0 Å². The molecule has 0 aliphatic heterocycles. The van der Waals surface area contributed by atoms with Crippen LogP contribution in [0.2, 0.25) is 0 Å². The largest absolute Gasteiger partial charge is 0.385 e. The van der Waals surface area contributed by atoms with Crippen molar-refractivity contribution in [3.63, 3.8) is 0 Å². The second-order valence-corrected chi connectivity index (χ2v) is 5.00. The maximum absolute atomic E-state index is 10.9. The van der Waals surface area contributed by atoms with Gasteiger partial charge >= 0.3 is 0 Å². The minimum absolute atomic E-state index is 0.183. The molecule has 2 aromatic carbocycles. The van der Waals surface area contributed by atoms with Gasteiger partial charge in [0.1, 0.15) is 0 Å². The van der Waals surface area contributed by atoms with Gasteiger partial charge in [0.25, 0.3) is 5.69 Å². The number of rotatable bonds is 6. The predicted molar refractivity (Wildman–Crippen MR) is 86.1 cm³/mol. The molecule has 2 rings (SSSR count). The fourth-order valence-corrected chi connectivity index (χ4v) is 2.12. The van der Waals surface area contributed by atoms with Gasteiger partial charge in [-0.1, -0.05) is 18.2 Å². The van der Waals surface area contributed by atoms with Crippen molar-refractivity contribution in [2.45, 2.75) is 6.42 Å². The maximum atomic E-state index is 10.9. The number of hydrogen-bond acceptors (Lipinski definition) is 4. The summed E-state index contributed by atoms with van der Waals surface area (Å²) in [5, 5.41) is 14.2. The maximum Gasteiger partial charge on any atom is 0.272 e. The molecule has 21 heavy (non-hydrogen) atoms. The van der Waals surface area contributed by atoms with Crippen LogP contribution in [0.3, 0.4) is 0 Å². The first-order valence-electron chi connectivity index (χ1n) is 6.81. The van der Waals surface area contributed by atoms with Crippen LogP contribution in [-0.2, 0) is 6.42 Å². The first-order valence-corrected chi connectivity index (χ1v) is 6.81. The van der Waals surface area contributed by atoms with E-state index in [0.29, 0.717) is 13.0 Å². The van der Waals surface area contributed by atoms with Crippen LogP contribution >= 0.6 is 0 Å². The molecule has 0 aliphatic rings. The molecule has 110 valence electrons. The number of nitro benzene ring substituents is 1. The van der Waals surface area contributed by atoms with Gasteiger partial charge in [-0.25, -0.2) is 0 Å². The van der Waals surface area contributed by atoms with Gasteiger partial charge in [0.15, 0.2) is 0 Å². The van der Waals surface area contributed by atoms with Gasteiger partial charge in [0.05, 0.1) is 4.92 Å². The van der Waals surface area contributed by atoms with Gasteiger partial charge in [-0.3, -0.25) is 10.1 Å². The molecule has 0 unspecified atom stereocenters. The lowest BCUT2D eigenvalue weighted by atomic mass is 10.1. The zero-order valence-corrected chi connectivity index (χ0v) is 12.2. The molecule has 1 N–H and O–H groups in total. The summed E-state index contributed by atoms with van der Waals surface area (Å²) in [6, 6.07) is 14.9. The Morgan fingerprint density at radius 3 is 2.38 bits per heavy atom. The van der Waals surface area contributed by atoms with Gasteiger partial charge < -0.3 is 10.2 Å². The van der Waals surface area contributed by atoms with Crippen molar-refractivity contribution in [3.8, 4) is 0 Å². The van der Waals surface area contributed by atoms with E-state index in [2.05, 4.69) is 5.32 Å².